The summed E-state index contributed by atoms with van der Waals surface area (Å²) in [4.78, 5) is 2.50. The SMILES string of the molecule is CC1(C)c2ccc(-c3ccccc3)cc2-c2ccc(N(c3ccc(-c4ccccc4)cc3)c3cccc4sc5cccc(-c6ccccc6-c6ccccc6)c5c34)cc21. The minimum absolute atomic E-state index is 0.172. The maximum Gasteiger partial charge on any atom is 0.0555 e. The molecule has 0 atom stereocenters. The number of rotatable bonds is 7. The van der Waals surface area contributed by atoms with E-state index in [4.69, 9.17) is 0 Å². The van der Waals surface area contributed by atoms with E-state index in [0.29, 0.717) is 0 Å². The second kappa shape index (κ2) is 14.1. The largest absolute Gasteiger partial charge is 0.310 e. The van der Waals surface area contributed by atoms with Gasteiger partial charge in [-0.05, 0) is 115 Å². The maximum absolute atomic E-state index is 2.50. The molecule has 1 heterocycles. The van der Waals surface area contributed by atoms with E-state index in [0.717, 1.165) is 11.4 Å². The summed E-state index contributed by atoms with van der Waals surface area (Å²) in [5.74, 6) is 0. The zero-order chi connectivity index (χ0) is 39.5. The number of anilines is 3. The standard InChI is InChI=1S/C57H41NS/c1-57(2)50-35-30-42(39-18-8-4-9-19-39)36-49(50)47-34-33-44(37-51(47)57)58(43-31-28-40(29-32-43)38-16-6-3-7-17-38)52-25-15-27-54-56(52)55-48(24-14-26-53(55)59-54)46-23-13-12-22-45(46)41-20-10-5-11-21-41/h3-37H,1-2H3. The van der Waals surface area contributed by atoms with Crippen LogP contribution in [0.2, 0.25) is 0 Å². The lowest BCUT2D eigenvalue weighted by Crippen LogP contribution is -2.16. The van der Waals surface area contributed by atoms with Crippen molar-refractivity contribution >= 4 is 48.6 Å². The quantitative estimate of drug-likeness (QED) is 0.156. The monoisotopic (exact) mass is 771 g/mol. The minimum atomic E-state index is -0.172. The molecule has 0 aliphatic heterocycles. The highest BCUT2D eigenvalue weighted by Crippen LogP contribution is 2.53. The van der Waals surface area contributed by atoms with Crippen molar-refractivity contribution in [1.29, 1.82) is 0 Å². The Hall–Kier alpha value is -7.00. The van der Waals surface area contributed by atoms with E-state index in [-0.39, 0.29) is 5.41 Å². The molecule has 1 aromatic heterocycles. The molecule has 0 N–H and O–H groups in total. The molecular formula is C57H41NS. The summed E-state index contributed by atoms with van der Waals surface area (Å²) in [6, 6.07) is 78.0. The van der Waals surface area contributed by atoms with Crippen molar-refractivity contribution in [1.82, 2.24) is 0 Å². The number of fused-ring (bicyclic) bond motifs is 6. The van der Waals surface area contributed by atoms with Gasteiger partial charge in [-0.1, -0.05) is 178 Å². The highest BCUT2D eigenvalue weighted by molar-refractivity contribution is 7.26. The molecule has 0 saturated carbocycles. The van der Waals surface area contributed by atoms with Gasteiger partial charge in [-0.3, -0.25) is 0 Å². The van der Waals surface area contributed by atoms with Gasteiger partial charge in [-0.15, -0.1) is 11.3 Å². The van der Waals surface area contributed by atoms with E-state index in [1.807, 2.05) is 11.3 Å². The van der Waals surface area contributed by atoms with Gasteiger partial charge in [-0.25, -0.2) is 0 Å². The summed E-state index contributed by atoms with van der Waals surface area (Å²) in [5, 5.41) is 2.56. The summed E-state index contributed by atoms with van der Waals surface area (Å²) in [5.41, 5.74) is 18.5. The van der Waals surface area contributed by atoms with Crippen LogP contribution in [0.15, 0.2) is 212 Å². The third-order valence-electron chi connectivity index (χ3n) is 12.3. The van der Waals surface area contributed by atoms with Crippen LogP contribution in [-0.2, 0) is 5.41 Å². The normalized spacial score (nSPS) is 12.7. The van der Waals surface area contributed by atoms with Crippen molar-refractivity contribution in [2.45, 2.75) is 19.3 Å². The van der Waals surface area contributed by atoms with Crippen LogP contribution >= 0.6 is 11.3 Å². The smallest absolute Gasteiger partial charge is 0.0555 e. The first-order valence-electron chi connectivity index (χ1n) is 20.4. The Labute approximate surface area is 350 Å². The van der Waals surface area contributed by atoms with Crippen LogP contribution in [0.4, 0.5) is 17.1 Å². The number of hydrogen-bond acceptors (Lipinski definition) is 2. The molecule has 0 radical (unpaired) electrons. The molecule has 10 aromatic rings. The fourth-order valence-electron chi connectivity index (χ4n) is 9.40. The van der Waals surface area contributed by atoms with Gasteiger partial charge < -0.3 is 4.90 Å². The lowest BCUT2D eigenvalue weighted by molar-refractivity contribution is 0.660. The van der Waals surface area contributed by atoms with Gasteiger partial charge in [0, 0.05) is 37.0 Å². The molecule has 11 rings (SSSR count). The molecule has 1 nitrogen and oxygen atoms in total. The second-order valence-electron chi connectivity index (χ2n) is 16.1. The van der Waals surface area contributed by atoms with Crippen molar-refractivity contribution in [3.8, 4) is 55.6 Å². The van der Waals surface area contributed by atoms with Gasteiger partial charge in [0.25, 0.3) is 0 Å². The summed E-state index contributed by atoms with van der Waals surface area (Å²) in [7, 11) is 0. The van der Waals surface area contributed by atoms with Crippen molar-refractivity contribution in [2.75, 3.05) is 4.90 Å². The Bertz CT molecular complexity index is 3160. The molecule has 0 spiro atoms. The Morgan fingerprint density at radius 2 is 0.881 bits per heavy atom. The maximum atomic E-state index is 2.50. The van der Waals surface area contributed by atoms with Crippen molar-refractivity contribution in [3.05, 3.63) is 223 Å². The van der Waals surface area contributed by atoms with E-state index in [1.54, 1.807) is 0 Å². The Morgan fingerprint density at radius 3 is 1.59 bits per heavy atom. The van der Waals surface area contributed by atoms with E-state index >= 15 is 0 Å². The average Bonchev–Trinajstić information content (AvgIpc) is 3.80. The lowest BCUT2D eigenvalue weighted by atomic mass is 9.82. The number of hydrogen-bond donors (Lipinski definition) is 0. The molecule has 0 saturated heterocycles. The molecular weight excluding hydrogens is 731 g/mol. The Balaban J connectivity index is 1.13. The summed E-state index contributed by atoms with van der Waals surface area (Å²) in [6.45, 7) is 4.76. The average molecular weight is 772 g/mol. The van der Waals surface area contributed by atoms with Crippen LogP contribution in [-0.4, -0.2) is 0 Å². The molecule has 1 aliphatic carbocycles. The predicted molar refractivity (Wildman–Crippen MR) is 253 cm³/mol. The molecule has 59 heavy (non-hydrogen) atoms. The molecule has 0 unspecified atom stereocenters. The predicted octanol–water partition coefficient (Wildman–Crippen LogP) is 16.5. The molecule has 280 valence electrons. The molecule has 0 fully saturated rings. The van der Waals surface area contributed by atoms with Crippen LogP contribution < -0.4 is 4.90 Å². The van der Waals surface area contributed by atoms with E-state index in [1.165, 1.54) is 92.6 Å². The van der Waals surface area contributed by atoms with Crippen LogP contribution in [0.25, 0.3) is 75.8 Å². The highest BCUT2D eigenvalue weighted by atomic mass is 32.1. The zero-order valence-corrected chi connectivity index (χ0v) is 33.9. The van der Waals surface area contributed by atoms with Gasteiger partial charge >= 0.3 is 0 Å². The third kappa shape index (κ3) is 5.91. The molecule has 2 heteroatoms. The van der Waals surface area contributed by atoms with Gasteiger partial charge in [0.1, 0.15) is 0 Å². The Kier molecular flexibility index (Phi) is 8.43. The van der Waals surface area contributed by atoms with Crippen molar-refractivity contribution in [2.24, 2.45) is 0 Å². The molecule has 0 bridgehead atoms. The van der Waals surface area contributed by atoms with Crippen molar-refractivity contribution in [3.63, 3.8) is 0 Å². The zero-order valence-electron chi connectivity index (χ0n) is 33.1. The topological polar surface area (TPSA) is 3.24 Å². The summed E-state index contributed by atoms with van der Waals surface area (Å²) in [6.07, 6.45) is 0. The van der Waals surface area contributed by atoms with Gasteiger partial charge in [0.2, 0.25) is 0 Å². The fraction of sp³-hybridized carbons (Fsp3) is 0.0526. The Morgan fingerprint density at radius 1 is 0.339 bits per heavy atom. The lowest BCUT2D eigenvalue weighted by Gasteiger charge is -2.29. The first kappa shape index (κ1) is 35.2. The van der Waals surface area contributed by atoms with Crippen LogP contribution in [0.5, 0.6) is 0 Å². The second-order valence-corrected chi connectivity index (χ2v) is 17.2. The molecule has 0 amide bonds. The first-order chi connectivity index (χ1) is 29.0. The summed E-state index contributed by atoms with van der Waals surface area (Å²) >= 11 is 1.88. The number of nitrogens with zero attached hydrogens (tertiary/aromatic N) is 1. The van der Waals surface area contributed by atoms with Gasteiger partial charge in [0.05, 0.1) is 5.69 Å². The fourth-order valence-corrected chi connectivity index (χ4v) is 10.6. The van der Waals surface area contributed by atoms with Crippen LogP contribution in [0.1, 0.15) is 25.0 Å². The van der Waals surface area contributed by atoms with Gasteiger partial charge in [0.15, 0.2) is 0 Å². The van der Waals surface area contributed by atoms with Crippen molar-refractivity contribution < 1.29 is 0 Å². The van der Waals surface area contributed by atoms with E-state index in [9.17, 15) is 0 Å². The van der Waals surface area contributed by atoms with Gasteiger partial charge in [-0.2, -0.15) is 0 Å². The third-order valence-corrected chi connectivity index (χ3v) is 13.4. The molecule has 9 aromatic carbocycles. The summed E-state index contributed by atoms with van der Waals surface area (Å²) < 4.78 is 2.56. The number of benzene rings is 9. The van der Waals surface area contributed by atoms with Crippen LogP contribution in [0, 0.1) is 0 Å². The highest BCUT2D eigenvalue weighted by Gasteiger charge is 2.36. The van der Waals surface area contributed by atoms with E-state index < -0.39 is 0 Å². The minimum Gasteiger partial charge on any atom is -0.310 e. The molecule has 1 aliphatic rings. The number of thiophene rings is 1. The van der Waals surface area contributed by atoms with E-state index in [2.05, 4.69) is 231 Å². The first-order valence-corrected chi connectivity index (χ1v) is 21.2. The van der Waals surface area contributed by atoms with Crippen LogP contribution in [0.3, 0.4) is 0 Å².